The number of ether oxygens (including phenoxy) is 2. The minimum Gasteiger partial charge on any atom is -0.494 e. The minimum absolute atomic E-state index is 0.186. The number of rotatable bonds is 5. The molecule has 1 atom stereocenters. The Balaban J connectivity index is 1.64. The predicted octanol–water partition coefficient (Wildman–Crippen LogP) is 3.29. The number of aromatic nitrogens is 4. The van der Waals surface area contributed by atoms with Gasteiger partial charge in [0.1, 0.15) is 23.7 Å². The van der Waals surface area contributed by atoms with Crippen LogP contribution in [0.3, 0.4) is 0 Å². The number of benzene rings is 2. The molecule has 8 heteroatoms. The average Bonchev–Trinajstić information content (AvgIpc) is 3.11. The van der Waals surface area contributed by atoms with Gasteiger partial charge in [-0.3, -0.25) is 0 Å². The highest BCUT2D eigenvalue weighted by molar-refractivity contribution is 5.95. The third-order valence-corrected chi connectivity index (χ3v) is 4.36. The SMILES string of the molecule is COc1cccc2c1nc(N)n1nc(CO[C@@H](C)c3ccc(F)cc3)nc21. The van der Waals surface area contributed by atoms with Crippen molar-refractivity contribution in [3.8, 4) is 5.75 Å². The normalized spacial score (nSPS) is 12.6. The first-order valence-corrected chi connectivity index (χ1v) is 8.41. The molecule has 0 aliphatic carbocycles. The number of hydrogen-bond acceptors (Lipinski definition) is 6. The quantitative estimate of drug-likeness (QED) is 0.582. The number of fused-ring (bicyclic) bond motifs is 3. The number of nitrogens with two attached hydrogens (primary N) is 1. The molecule has 4 rings (SSSR count). The second-order valence-electron chi connectivity index (χ2n) is 6.09. The minimum atomic E-state index is -0.279. The molecule has 2 aromatic carbocycles. The van der Waals surface area contributed by atoms with E-state index in [0.717, 1.165) is 10.9 Å². The first kappa shape index (κ1) is 17.2. The number of anilines is 1. The molecule has 138 valence electrons. The zero-order valence-corrected chi connectivity index (χ0v) is 14.9. The summed E-state index contributed by atoms with van der Waals surface area (Å²) < 4.78 is 25.7. The molecular weight excluding hydrogens is 349 g/mol. The van der Waals surface area contributed by atoms with Gasteiger partial charge in [0, 0.05) is 5.39 Å². The maximum Gasteiger partial charge on any atom is 0.223 e. The fourth-order valence-electron chi connectivity index (χ4n) is 2.92. The fraction of sp³-hybridized carbons (Fsp3) is 0.211. The van der Waals surface area contributed by atoms with Gasteiger partial charge in [-0.1, -0.05) is 18.2 Å². The Morgan fingerprint density at radius 2 is 1.93 bits per heavy atom. The lowest BCUT2D eigenvalue weighted by atomic mass is 10.1. The number of para-hydroxylation sites is 1. The standard InChI is InChI=1S/C19H18FN5O2/c1-11(12-6-8-13(20)9-7-12)27-10-16-22-18-14-4-3-5-15(26-2)17(14)23-19(21)25(18)24-16/h3-9,11H,10H2,1-2H3,(H2,21,23)/t11-/m0/s1. The summed E-state index contributed by atoms with van der Waals surface area (Å²) in [7, 11) is 1.58. The van der Waals surface area contributed by atoms with E-state index in [-0.39, 0.29) is 24.5 Å². The van der Waals surface area contributed by atoms with Crippen molar-refractivity contribution < 1.29 is 13.9 Å². The third-order valence-electron chi connectivity index (χ3n) is 4.36. The van der Waals surface area contributed by atoms with E-state index >= 15 is 0 Å². The van der Waals surface area contributed by atoms with Crippen LogP contribution in [0.1, 0.15) is 24.4 Å². The van der Waals surface area contributed by atoms with Crippen molar-refractivity contribution in [2.75, 3.05) is 12.8 Å². The van der Waals surface area contributed by atoms with Gasteiger partial charge in [0.2, 0.25) is 5.95 Å². The molecule has 0 unspecified atom stereocenters. The predicted molar refractivity (Wildman–Crippen MR) is 98.9 cm³/mol. The molecule has 27 heavy (non-hydrogen) atoms. The van der Waals surface area contributed by atoms with Gasteiger partial charge in [-0.05, 0) is 36.8 Å². The van der Waals surface area contributed by atoms with Crippen LogP contribution in [0.5, 0.6) is 5.75 Å². The van der Waals surface area contributed by atoms with E-state index in [9.17, 15) is 4.39 Å². The van der Waals surface area contributed by atoms with Crippen LogP contribution in [0.15, 0.2) is 42.5 Å². The van der Waals surface area contributed by atoms with Crippen LogP contribution >= 0.6 is 0 Å². The van der Waals surface area contributed by atoms with Crippen molar-refractivity contribution in [1.82, 2.24) is 19.6 Å². The van der Waals surface area contributed by atoms with Gasteiger partial charge in [-0.25, -0.2) is 14.4 Å². The Bertz CT molecular complexity index is 1110. The molecule has 0 spiro atoms. The fourth-order valence-corrected chi connectivity index (χ4v) is 2.92. The van der Waals surface area contributed by atoms with Crippen LogP contribution in [0, 0.1) is 5.82 Å². The lowest BCUT2D eigenvalue weighted by Crippen LogP contribution is -2.04. The van der Waals surface area contributed by atoms with Crippen molar-refractivity contribution in [1.29, 1.82) is 0 Å². The highest BCUT2D eigenvalue weighted by Crippen LogP contribution is 2.27. The van der Waals surface area contributed by atoms with E-state index in [2.05, 4.69) is 15.1 Å². The Morgan fingerprint density at radius 3 is 2.67 bits per heavy atom. The molecule has 0 fully saturated rings. The first-order chi connectivity index (χ1) is 13.1. The molecule has 0 amide bonds. The third kappa shape index (κ3) is 3.15. The molecule has 0 saturated heterocycles. The van der Waals surface area contributed by atoms with Gasteiger partial charge >= 0.3 is 0 Å². The Labute approximate surface area is 154 Å². The lowest BCUT2D eigenvalue weighted by Gasteiger charge is -2.11. The van der Waals surface area contributed by atoms with Crippen LogP contribution in [-0.4, -0.2) is 26.7 Å². The van der Waals surface area contributed by atoms with Crippen LogP contribution in [-0.2, 0) is 11.3 Å². The summed E-state index contributed by atoms with van der Waals surface area (Å²) in [6, 6.07) is 11.8. The molecular formula is C19H18FN5O2. The van der Waals surface area contributed by atoms with Crippen molar-refractivity contribution >= 4 is 22.5 Å². The van der Waals surface area contributed by atoms with Crippen LogP contribution < -0.4 is 10.5 Å². The summed E-state index contributed by atoms with van der Waals surface area (Å²) in [4.78, 5) is 8.92. The average molecular weight is 367 g/mol. The monoisotopic (exact) mass is 367 g/mol. The topological polar surface area (TPSA) is 87.6 Å². The van der Waals surface area contributed by atoms with Gasteiger partial charge in [-0.2, -0.15) is 4.52 Å². The molecule has 2 N–H and O–H groups in total. The van der Waals surface area contributed by atoms with Crippen LogP contribution in [0.4, 0.5) is 10.3 Å². The second-order valence-corrected chi connectivity index (χ2v) is 6.09. The maximum atomic E-state index is 13.0. The van der Waals surface area contributed by atoms with Crippen molar-refractivity contribution in [2.45, 2.75) is 19.6 Å². The molecule has 2 heterocycles. The first-order valence-electron chi connectivity index (χ1n) is 8.41. The summed E-state index contributed by atoms with van der Waals surface area (Å²) in [5.41, 5.74) is 8.13. The molecule has 2 aromatic heterocycles. The highest BCUT2D eigenvalue weighted by atomic mass is 19.1. The zero-order valence-electron chi connectivity index (χ0n) is 14.9. The smallest absolute Gasteiger partial charge is 0.223 e. The summed E-state index contributed by atoms with van der Waals surface area (Å²) >= 11 is 0. The maximum absolute atomic E-state index is 13.0. The molecule has 0 bridgehead atoms. The lowest BCUT2D eigenvalue weighted by molar-refractivity contribution is 0.0484. The molecule has 0 aliphatic heterocycles. The Kier molecular flexibility index (Phi) is 4.33. The number of hydrogen-bond donors (Lipinski definition) is 1. The molecule has 0 saturated carbocycles. The van der Waals surface area contributed by atoms with E-state index in [1.807, 2.05) is 25.1 Å². The summed E-state index contributed by atoms with van der Waals surface area (Å²) in [6.07, 6.45) is -0.232. The van der Waals surface area contributed by atoms with E-state index in [1.165, 1.54) is 16.6 Å². The van der Waals surface area contributed by atoms with E-state index < -0.39 is 0 Å². The molecule has 4 aromatic rings. The Morgan fingerprint density at radius 1 is 1.15 bits per heavy atom. The van der Waals surface area contributed by atoms with E-state index in [1.54, 1.807) is 19.2 Å². The van der Waals surface area contributed by atoms with Gasteiger partial charge in [0.25, 0.3) is 0 Å². The molecule has 0 radical (unpaired) electrons. The Hall–Kier alpha value is -3.26. The number of nitrogens with zero attached hydrogens (tertiary/aromatic N) is 4. The van der Waals surface area contributed by atoms with Gasteiger partial charge in [0.05, 0.1) is 13.2 Å². The number of nitrogen functional groups attached to an aromatic ring is 1. The highest BCUT2D eigenvalue weighted by Gasteiger charge is 2.15. The van der Waals surface area contributed by atoms with Gasteiger partial charge < -0.3 is 15.2 Å². The van der Waals surface area contributed by atoms with E-state index in [0.29, 0.717) is 22.7 Å². The van der Waals surface area contributed by atoms with Crippen molar-refractivity contribution in [2.24, 2.45) is 0 Å². The zero-order chi connectivity index (χ0) is 19.0. The van der Waals surface area contributed by atoms with Crippen LogP contribution in [0.2, 0.25) is 0 Å². The summed E-state index contributed by atoms with van der Waals surface area (Å²) in [6.45, 7) is 2.07. The molecule has 7 nitrogen and oxygen atoms in total. The van der Waals surface area contributed by atoms with Crippen molar-refractivity contribution in [3.63, 3.8) is 0 Å². The number of methoxy groups -OCH3 is 1. The van der Waals surface area contributed by atoms with Crippen LogP contribution in [0.25, 0.3) is 16.6 Å². The largest absolute Gasteiger partial charge is 0.494 e. The van der Waals surface area contributed by atoms with Crippen molar-refractivity contribution in [3.05, 3.63) is 59.7 Å². The van der Waals surface area contributed by atoms with Gasteiger partial charge in [0.15, 0.2) is 11.5 Å². The molecule has 0 aliphatic rings. The summed E-state index contributed by atoms with van der Waals surface area (Å²) in [5, 5.41) is 5.18. The number of halogens is 1. The van der Waals surface area contributed by atoms with E-state index in [4.69, 9.17) is 15.2 Å². The van der Waals surface area contributed by atoms with Gasteiger partial charge in [-0.15, -0.1) is 5.10 Å². The second kappa shape index (κ2) is 6.81. The summed E-state index contributed by atoms with van der Waals surface area (Å²) in [5.74, 6) is 1.03.